The molecule has 6 nitrogen and oxygen atoms in total. The first-order valence-corrected chi connectivity index (χ1v) is 14.0. The fourth-order valence-corrected chi connectivity index (χ4v) is 7.63. The zero-order chi connectivity index (χ0) is 24.8. The first-order valence-electron chi connectivity index (χ1n) is 9.68. The maximum Gasteiger partial charge on any atom is 0.278 e. The molecule has 0 spiro atoms. The average Bonchev–Trinajstić information content (AvgIpc) is 2.80. The lowest BCUT2D eigenvalue weighted by Gasteiger charge is -2.20. The standard InChI is InChI=1S/C22H19F3N2O4S3/c23-20-16-22(25)21(24)15-17(20)9-7-8-14-32(26-33(28,29)18-10-3-1-4-11-18)27-34(30,31)19-12-5-2-6-13-19/h1-8,10-13,15-16H,9,14H2,(H,26,27)/b8-7+. The van der Waals surface area contributed by atoms with E-state index in [1.54, 1.807) is 12.1 Å². The van der Waals surface area contributed by atoms with Crippen LogP contribution in [0.15, 0.2) is 94.7 Å². The van der Waals surface area contributed by atoms with Crippen molar-refractivity contribution >= 4 is 31.3 Å². The quantitative estimate of drug-likeness (QED) is 0.240. The fourth-order valence-electron chi connectivity index (χ4n) is 2.70. The molecule has 0 heterocycles. The van der Waals surface area contributed by atoms with Crippen LogP contribution in [-0.2, 0) is 37.7 Å². The van der Waals surface area contributed by atoms with E-state index in [4.69, 9.17) is 0 Å². The molecule has 0 saturated heterocycles. The van der Waals surface area contributed by atoms with Gasteiger partial charge in [-0.2, -0.15) is 0 Å². The zero-order valence-corrected chi connectivity index (χ0v) is 19.9. The van der Waals surface area contributed by atoms with Crippen LogP contribution in [0.2, 0.25) is 0 Å². The molecule has 3 rings (SSSR count). The summed E-state index contributed by atoms with van der Waals surface area (Å²) in [5, 5.41) is 0. The Morgan fingerprint density at radius 1 is 0.765 bits per heavy atom. The Bertz CT molecular complexity index is 1300. The number of rotatable bonds is 10. The van der Waals surface area contributed by atoms with Crippen LogP contribution < -0.4 is 4.13 Å². The second-order valence-electron chi connectivity index (χ2n) is 6.83. The van der Waals surface area contributed by atoms with E-state index in [0.717, 1.165) is 6.07 Å². The molecule has 0 aliphatic rings. The van der Waals surface area contributed by atoms with E-state index in [-0.39, 0.29) is 27.5 Å². The molecule has 0 aliphatic heterocycles. The largest absolute Gasteiger partial charge is 0.291 e. The van der Waals surface area contributed by atoms with Crippen molar-refractivity contribution in [1.29, 1.82) is 0 Å². The summed E-state index contributed by atoms with van der Waals surface area (Å²) >= 11 is -1.75. The van der Waals surface area contributed by atoms with Gasteiger partial charge in [0.15, 0.2) is 11.6 Å². The lowest BCUT2D eigenvalue weighted by atomic mass is 10.1. The molecule has 0 aliphatic carbocycles. The van der Waals surface area contributed by atoms with E-state index in [1.807, 2.05) is 0 Å². The summed E-state index contributed by atoms with van der Waals surface area (Å²) in [6.45, 7) is 0. The minimum absolute atomic E-state index is 0.0763. The van der Waals surface area contributed by atoms with Crippen LogP contribution in [0.4, 0.5) is 13.2 Å². The van der Waals surface area contributed by atoms with Crippen molar-refractivity contribution in [1.82, 2.24) is 4.13 Å². The van der Waals surface area contributed by atoms with Gasteiger partial charge in [-0.3, -0.25) is 4.13 Å². The third-order valence-electron chi connectivity index (χ3n) is 4.34. The van der Waals surface area contributed by atoms with Crippen LogP contribution in [0.5, 0.6) is 0 Å². The van der Waals surface area contributed by atoms with E-state index in [2.05, 4.69) is 8.25 Å². The van der Waals surface area contributed by atoms with Crippen LogP contribution in [0.1, 0.15) is 5.56 Å². The zero-order valence-electron chi connectivity index (χ0n) is 17.4. The summed E-state index contributed by atoms with van der Waals surface area (Å²) in [4.78, 5) is -0.188. The molecular formula is C22H19F3N2O4S3. The Hall–Kier alpha value is -2.64. The van der Waals surface area contributed by atoms with Crippen molar-refractivity contribution in [2.24, 2.45) is 0 Å². The number of nitrogens with zero attached hydrogens (tertiary/aromatic N) is 1. The van der Waals surface area contributed by atoms with Crippen molar-refractivity contribution in [2.75, 3.05) is 5.75 Å². The predicted octanol–water partition coefficient (Wildman–Crippen LogP) is 4.39. The number of hydrogen-bond donors (Lipinski definition) is 1. The molecule has 1 unspecified atom stereocenters. The second kappa shape index (κ2) is 11.2. The molecule has 180 valence electrons. The van der Waals surface area contributed by atoms with Crippen LogP contribution in [0.3, 0.4) is 0 Å². The molecule has 12 heteroatoms. The SMILES string of the molecule is O=S(=O)([N-][S+](C/C=C/Cc1cc(F)c(F)cc1F)NS(=O)(=O)c1ccccc1)c1ccccc1. The number of nitrogens with one attached hydrogen (secondary N) is 1. The number of allylic oxidation sites excluding steroid dienone is 1. The molecule has 0 aromatic heterocycles. The fraction of sp³-hybridized carbons (Fsp3) is 0.0909. The van der Waals surface area contributed by atoms with Gasteiger partial charge in [-0.1, -0.05) is 42.5 Å². The maximum absolute atomic E-state index is 13.8. The topological polar surface area (TPSA) is 94.4 Å². The van der Waals surface area contributed by atoms with Crippen molar-refractivity contribution in [3.05, 3.63) is 112 Å². The summed E-state index contributed by atoms with van der Waals surface area (Å²) in [5.41, 5.74) is -0.117. The summed E-state index contributed by atoms with van der Waals surface area (Å²) in [6.07, 6.45) is 2.65. The second-order valence-corrected chi connectivity index (χ2v) is 12.1. The van der Waals surface area contributed by atoms with E-state index in [9.17, 15) is 30.0 Å². The molecule has 0 amide bonds. The molecule has 34 heavy (non-hydrogen) atoms. The van der Waals surface area contributed by atoms with Gasteiger partial charge in [-0.15, -0.1) is 0 Å². The first-order chi connectivity index (χ1) is 16.1. The highest BCUT2D eigenvalue weighted by Crippen LogP contribution is 2.23. The van der Waals surface area contributed by atoms with Gasteiger partial charge in [0.1, 0.15) is 21.6 Å². The number of halogens is 3. The van der Waals surface area contributed by atoms with Gasteiger partial charge in [-0.05, 0) is 52.5 Å². The van der Waals surface area contributed by atoms with Gasteiger partial charge in [0.25, 0.3) is 10.0 Å². The van der Waals surface area contributed by atoms with Gasteiger partial charge >= 0.3 is 0 Å². The van der Waals surface area contributed by atoms with Gasteiger partial charge in [-0.25, -0.2) is 30.0 Å². The van der Waals surface area contributed by atoms with E-state index >= 15 is 0 Å². The Labute approximate surface area is 199 Å². The molecule has 3 aromatic rings. The van der Waals surface area contributed by atoms with Crippen LogP contribution in [-0.4, -0.2) is 22.6 Å². The van der Waals surface area contributed by atoms with Crippen LogP contribution in [0, 0.1) is 17.5 Å². The normalized spacial score (nSPS) is 13.3. The minimum Gasteiger partial charge on any atom is -0.291 e. The van der Waals surface area contributed by atoms with Crippen molar-refractivity contribution < 1.29 is 30.0 Å². The lowest BCUT2D eigenvalue weighted by Crippen LogP contribution is -2.33. The van der Waals surface area contributed by atoms with Crippen LogP contribution in [0.25, 0.3) is 4.13 Å². The summed E-state index contributed by atoms with van der Waals surface area (Å²) < 4.78 is 97.1. The molecule has 3 aromatic carbocycles. The van der Waals surface area contributed by atoms with E-state index in [1.165, 1.54) is 60.7 Å². The molecule has 0 fully saturated rings. The molecule has 1 N–H and O–H groups in total. The Balaban J connectivity index is 1.80. The van der Waals surface area contributed by atoms with Crippen molar-refractivity contribution in [3.63, 3.8) is 0 Å². The molecule has 0 radical (unpaired) electrons. The van der Waals surface area contributed by atoms with E-state index in [0.29, 0.717) is 6.07 Å². The van der Waals surface area contributed by atoms with Crippen molar-refractivity contribution in [3.8, 4) is 0 Å². The summed E-state index contributed by atoms with van der Waals surface area (Å²) in [6, 6.07) is 15.8. The third kappa shape index (κ3) is 6.93. The van der Waals surface area contributed by atoms with Gasteiger partial charge in [0, 0.05) is 17.3 Å². The highest BCUT2D eigenvalue weighted by molar-refractivity contribution is 8.18. The van der Waals surface area contributed by atoms with Gasteiger partial charge in [0.05, 0.1) is 9.79 Å². The molecule has 0 saturated carbocycles. The third-order valence-corrected chi connectivity index (χ3v) is 9.76. The number of benzene rings is 3. The monoisotopic (exact) mass is 528 g/mol. The smallest absolute Gasteiger partial charge is 0.278 e. The first kappa shape index (κ1) is 26.0. The highest BCUT2D eigenvalue weighted by atomic mass is 32.3. The minimum atomic E-state index is -4.20. The molecule has 0 bridgehead atoms. The van der Waals surface area contributed by atoms with Crippen LogP contribution >= 0.6 is 0 Å². The lowest BCUT2D eigenvalue weighted by molar-refractivity contribution is 0.491. The highest BCUT2D eigenvalue weighted by Gasteiger charge is 2.25. The number of hydrogen-bond acceptors (Lipinski definition) is 4. The van der Waals surface area contributed by atoms with Crippen molar-refractivity contribution in [2.45, 2.75) is 16.2 Å². The molecule has 1 atom stereocenters. The maximum atomic E-state index is 13.8. The number of sulfonamides is 2. The van der Waals surface area contributed by atoms with Gasteiger partial charge < -0.3 is 0 Å². The summed E-state index contributed by atoms with van der Waals surface area (Å²) in [5.74, 6) is -3.64. The Morgan fingerprint density at radius 2 is 1.32 bits per heavy atom. The van der Waals surface area contributed by atoms with Gasteiger partial charge in [0.2, 0.25) is 0 Å². The van der Waals surface area contributed by atoms with E-state index < -0.39 is 48.8 Å². The molecular weight excluding hydrogens is 509 g/mol. The summed E-state index contributed by atoms with van der Waals surface area (Å²) in [7, 11) is -8.30. The Morgan fingerprint density at radius 3 is 1.94 bits per heavy atom. The predicted molar refractivity (Wildman–Crippen MR) is 125 cm³/mol. The average molecular weight is 529 g/mol. The Kier molecular flexibility index (Phi) is 8.55.